The third-order valence-electron chi connectivity index (χ3n) is 6.55. The Hall–Kier alpha value is -2.00. The molecule has 0 aliphatic carbocycles. The highest BCUT2D eigenvalue weighted by Gasteiger charge is 2.22. The van der Waals surface area contributed by atoms with E-state index in [0.717, 1.165) is 26.2 Å². The summed E-state index contributed by atoms with van der Waals surface area (Å²) in [4.78, 5) is 25.0. The molecule has 0 spiro atoms. The number of carbonyl (C=O) groups is 2. The predicted octanol–water partition coefficient (Wildman–Crippen LogP) is 6.30. The molecular formula is C31H52O8. The largest absolute Gasteiger partial charge is 0.462 e. The Bertz CT molecular complexity index is 774. The van der Waals surface area contributed by atoms with Gasteiger partial charge in [0.25, 0.3) is 5.97 Å². The van der Waals surface area contributed by atoms with E-state index in [1.54, 1.807) is 12.1 Å². The van der Waals surface area contributed by atoms with Crippen molar-refractivity contribution in [3.05, 3.63) is 35.4 Å². The zero-order chi connectivity index (χ0) is 28.8. The minimum atomic E-state index is -2.40. The number of aliphatic hydroxyl groups excluding tert-OH is 1. The van der Waals surface area contributed by atoms with Crippen LogP contribution in [0.15, 0.2) is 24.3 Å². The molecule has 1 atom stereocenters. The van der Waals surface area contributed by atoms with Gasteiger partial charge < -0.3 is 29.5 Å². The highest BCUT2D eigenvalue weighted by Crippen LogP contribution is 2.15. The summed E-state index contributed by atoms with van der Waals surface area (Å²) in [5, 5.41) is 28.0. The predicted molar refractivity (Wildman–Crippen MR) is 151 cm³/mol. The molecule has 1 aromatic carbocycles. The van der Waals surface area contributed by atoms with E-state index in [9.17, 15) is 14.7 Å². The van der Waals surface area contributed by atoms with E-state index in [-0.39, 0.29) is 17.7 Å². The third-order valence-corrected chi connectivity index (χ3v) is 6.55. The molecule has 224 valence electrons. The second-order valence-electron chi connectivity index (χ2n) is 10.5. The van der Waals surface area contributed by atoms with Crippen LogP contribution in [0, 0.1) is 0 Å². The van der Waals surface area contributed by atoms with E-state index in [4.69, 9.17) is 19.7 Å². The molecule has 1 aromatic rings. The molecule has 3 N–H and O–H groups in total. The molecule has 0 aromatic heterocycles. The summed E-state index contributed by atoms with van der Waals surface area (Å²) in [7, 11) is 0. The lowest BCUT2D eigenvalue weighted by Gasteiger charge is -2.19. The van der Waals surface area contributed by atoms with Crippen LogP contribution in [-0.4, -0.2) is 59.2 Å². The van der Waals surface area contributed by atoms with Crippen molar-refractivity contribution in [3.8, 4) is 0 Å². The highest BCUT2D eigenvalue weighted by atomic mass is 16.8. The fraction of sp³-hybridized carbons (Fsp3) is 0.742. The van der Waals surface area contributed by atoms with Crippen molar-refractivity contribution in [3.63, 3.8) is 0 Å². The number of rotatable bonds is 24. The number of ether oxygens (including phenoxy) is 3. The first kappa shape index (κ1) is 35.0. The van der Waals surface area contributed by atoms with Crippen molar-refractivity contribution in [1.82, 2.24) is 0 Å². The second-order valence-corrected chi connectivity index (χ2v) is 10.5. The molecule has 0 aliphatic rings. The average Bonchev–Trinajstić information content (AvgIpc) is 2.91. The van der Waals surface area contributed by atoms with E-state index in [0.29, 0.717) is 0 Å². The Balaban J connectivity index is 2.12. The maximum Gasteiger partial charge on any atom is 0.339 e. The number of unbranched alkanes of at least 4 members (excludes halogenated alkanes) is 15. The van der Waals surface area contributed by atoms with E-state index < -0.39 is 37.2 Å². The number of hydrogen-bond acceptors (Lipinski definition) is 8. The van der Waals surface area contributed by atoms with E-state index >= 15 is 0 Å². The van der Waals surface area contributed by atoms with Gasteiger partial charge in [-0.25, -0.2) is 9.59 Å². The van der Waals surface area contributed by atoms with Crippen LogP contribution in [0.3, 0.4) is 0 Å². The summed E-state index contributed by atoms with van der Waals surface area (Å²) in [5.74, 6) is -3.78. The summed E-state index contributed by atoms with van der Waals surface area (Å²) in [5.41, 5.74) is 0.139. The molecule has 0 saturated carbocycles. The number of benzene rings is 1. The minimum absolute atomic E-state index is 0.0387. The van der Waals surface area contributed by atoms with Gasteiger partial charge in [0, 0.05) is 6.92 Å². The molecule has 1 rings (SSSR count). The smallest absolute Gasteiger partial charge is 0.339 e. The monoisotopic (exact) mass is 552 g/mol. The molecule has 39 heavy (non-hydrogen) atoms. The SMILES string of the molecule is CCCCCCCCCCCCCCCCCCOC(=O)c1ccccc1C(=O)OC[C@H](O)COC(C)(O)O. The van der Waals surface area contributed by atoms with Crippen LogP contribution in [0.25, 0.3) is 0 Å². The van der Waals surface area contributed by atoms with Crippen molar-refractivity contribution < 1.29 is 39.1 Å². The van der Waals surface area contributed by atoms with Gasteiger partial charge in [-0.3, -0.25) is 0 Å². The zero-order valence-corrected chi connectivity index (χ0v) is 24.2. The number of hydrogen-bond donors (Lipinski definition) is 3. The van der Waals surface area contributed by atoms with E-state index in [1.807, 2.05) is 0 Å². The molecule has 0 aliphatic heterocycles. The molecule has 8 heteroatoms. The summed E-state index contributed by atoms with van der Waals surface area (Å²) in [6.07, 6.45) is 19.1. The maximum atomic E-state index is 12.5. The molecule has 0 heterocycles. The van der Waals surface area contributed by atoms with Crippen molar-refractivity contribution >= 4 is 11.9 Å². The maximum absolute atomic E-state index is 12.5. The quantitative estimate of drug-likeness (QED) is 0.0776. The van der Waals surface area contributed by atoms with Crippen LogP contribution >= 0.6 is 0 Å². The van der Waals surface area contributed by atoms with E-state index in [1.165, 1.54) is 95.6 Å². The Morgan fingerprint density at radius 2 is 1.10 bits per heavy atom. The summed E-state index contributed by atoms with van der Waals surface area (Å²) in [6.45, 7) is 2.66. The van der Waals surface area contributed by atoms with Gasteiger partial charge >= 0.3 is 11.9 Å². The lowest BCUT2D eigenvalue weighted by molar-refractivity contribution is -0.331. The molecule has 0 bridgehead atoms. The topological polar surface area (TPSA) is 123 Å². The minimum Gasteiger partial charge on any atom is -0.462 e. The Labute approximate surface area is 235 Å². The zero-order valence-electron chi connectivity index (χ0n) is 24.2. The first-order valence-electron chi connectivity index (χ1n) is 14.9. The summed E-state index contributed by atoms with van der Waals surface area (Å²) >= 11 is 0. The molecule has 8 nitrogen and oxygen atoms in total. The molecule has 0 radical (unpaired) electrons. The second kappa shape index (κ2) is 21.8. The fourth-order valence-electron chi connectivity index (χ4n) is 4.28. The Morgan fingerprint density at radius 1 is 0.692 bits per heavy atom. The number of carbonyl (C=O) groups excluding carboxylic acids is 2. The van der Waals surface area contributed by atoms with Gasteiger partial charge in [-0.15, -0.1) is 0 Å². The van der Waals surface area contributed by atoms with Gasteiger partial charge in [-0.2, -0.15) is 0 Å². The summed E-state index contributed by atoms with van der Waals surface area (Å²) < 4.78 is 15.0. The van der Waals surface area contributed by atoms with Crippen LogP contribution in [0.4, 0.5) is 0 Å². The van der Waals surface area contributed by atoms with Crippen LogP contribution in [0.1, 0.15) is 137 Å². The van der Waals surface area contributed by atoms with Crippen LogP contribution < -0.4 is 0 Å². The molecule has 0 amide bonds. The van der Waals surface area contributed by atoms with Crippen molar-refractivity contribution in [2.24, 2.45) is 0 Å². The van der Waals surface area contributed by atoms with Gasteiger partial charge in [0.2, 0.25) is 0 Å². The van der Waals surface area contributed by atoms with Crippen LogP contribution in [-0.2, 0) is 14.2 Å². The lowest BCUT2D eigenvalue weighted by Crippen LogP contribution is -2.33. The van der Waals surface area contributed by atoms with E-state index in [2.05, 4.69) is 11.7 Å². The fourth-order valence-corrected chi connectivity index (χ4v) is 4.28. The molecule has 0 saturated heterocycles. The van der Waals surface area contributed by atoms with Gasteiger partial charge in [-0.05, 0) is 18.6 Å². The van der Waals surface area contributed by atoms with Gasteiger partial charge in [0.15, 0.2) is 0 Å². The molecule has 0 unspecified atom stereocenters. The van der Waals surface area contributed by atoms with Crippen molar-refractivity contribution in [2.75, 3.05) is 19.8 Å². The standard InChI is InChI=1S/C31H52O8/c1-3-4-5-6-7-8-9-10-11-12-13-14-15-16-17-20-23-37-29(33)27-21-18-19-22-28(27)30(34)38-24-26(32)25-39-31(2,35)36/h18-19,21-22,26,32,35-36H,3-17,20,23-25H2,1-2H3/t26-/m0/s1. The van der Waals surface area contributed by atoms with Gasteiger partial charge in [-0.1, -0.05) is 115 Å². The Morgan fingerprint density at radius 3 is 1.54 bits per heavy atom. The van der Waals surface area contributed by atoms with Crippen molar-refractivity contribution in [2.45, 2.75) is 129 Å². The highest BCUT2D eigenvalue weighted by molar-refractivity contribution is 6.03. The number of aliphatic hydroxyl groups is 3. The van der Waals surface area contributed by atoms with Crippen LogP contribution in [0.2, 0.25) is 0 Å². The first-order valence-corrected chi connectivity index (χ1v) is 14.9. The lowest BCUT2D eigenvalue weighted by atomic mass is 10.0. The molecular weight excluding hydrogens is 500 g/mol. The normalized spacial score (nSPS) is 12.3. The number of esters is 2. The average molecular weight is 553 g/mol. The van der Waals surface area contributed by atoms with Gasteiger partial charge in [0.05, 0.1) is 24.3 Å². The molecule has 0 fully saturated rings. The first-order chi connectivity index (χ1) is 18.7. The van der Waals surface area contributed by atoms with Crippen LogP contribution in [0.5, 0.6) is 0 Å². The summed E-state index contributed by atoms with van der Waals surface area (Å²) in [6, 6.07) is 6.18. The van der Waals surface area contributed by atoms with Crippen molar-refractivity contribution in [1.29, 1.82) is 0 Å². The third kappa shape index (κ3) is 18.8. The Kier molecular flexibility index (Phi) is 19.6. The van der Waals surface area contributed by atoms with Gasteiger partial charge in [0.1, 0.15) is 12.7 Å².